The van der Waals surface area contributed by atoms with Crippen LogP contribution in [0.3, 0.4) is 0 Å². The average Bonchev–Trinajstić information content (AvgIpc) is 2.18. The summed E-state index contributed by atoms with van der Waals surface area (Å²) in [4.78, 5) is 15.2. The molecular weight excluding hydrogens is 181 g/mol. The van der Waals surface area contributed by atoms with Crippen molar-refractivity contribution in [1.82, 2.24) is 4.98 Å². The van der Waals surface area contributed by atoms with Crippen molar-refractivity contribution in [3.05, 3.63) is 29.8 Å². The minimum atomic E-state index is -0.527. The molecule has 0 saturated carbocycles. The number of carbonyl (C=O) groups excluding carboxylic acids is 1. The molecule has 0 N–H and O–H groups in total. The van der Waals surface area contributed by atoms with Gasteiger partial charge < -0.3 is 0 Å². The van der Waals surface area contributed by atoms with Crippen LogP contribution in [0, 0.1) is 11.7 Å². The average molecular weight is 195 g/mol. The molecule has 0 fully saturated rings. The maximum absolute atomic E-state index is 13.1. The first-order valence-electron chi connectivity index (χ1n) is 4.77. The van der Waals surface area contributed by atoms with Gasteiger partial charge in [-0.25, -0.2) is 4.39 Å². The van der Waals surface area contributed by atoms with E-state index in [0.29, 0.717) is 12.3 Å². The van der Waals surface area contributed by atoms with Crippen LogP contribution in [0.1, 0.15) is 37.0 Å². The summed E-state index contributed by atoms with van der Waals surface area (Å²) in [7, 11) is 0. The van der Waals surface area contributed by atoms with Crippen LogP contribution in [0.15, 0.2) is 18.5 Å². The summed E-state index contributed by atoms with van der Waals surface area (Å²) in [5.41, 5.74) is 0.153. The fraction of sp³-hybridized carbons (Fsp3) is 0.455. The lowest BCUT2D eigenvalue weighted by atomic mass is 9.98. The van der Waals surface area contributed by atoms with Gasteiger partial charge in [-0.1, -0.05) is 20.3 Å². The molecule has 14 heavy (non-hydrogen) atoms. The highest BCUT2D eigenvalue weighted by atomic mass is 19.1. The SMILES string of the molecule is CCC(C)CC(=O)c1ccncc1F. The molecule has 0 spiro atoms. The first-order valence-corrected chi connectivity index (χ1v) is 4.77. The third-order valence-electron chi connectivity index (χ3n) is 2.30. The Bertz CT molecular complexity index is 325. The molecule has 0 aliphatic carbocycles. The number of nitrogens with zero attached hydrogens (tertiary/aromatic N) is 1. The van der Waals surface area contributed by atoms with Crippen LogP contribution < -0.4 is 0 Å². The fourth-order valence-corrected chi connectivity index (χ4v) is 1.17. The molecule has 0 bridgehead atoms. The third kappa shape index (κ3) is 2.62. The molecule has 0 saturated heterocycles. The minimum absolute atomic E-state index is 0.140. The number of Topliss-reactive ketones (excluding diaryl/α,β-unsaturated/α-hetero) is 1. The zero-order valence-corrected chi connectivity index (χ0v) is 8.46. The number of rotatable bonds is 4. The van der Waals surface area contributed by atoms with Gasteiger partial charge in [-0.15, -0.1) is 0 Å². The molecular formula is C11H14FNO. The number of ketones is 1. The van der Waals surface area contributed by atoms with Gasteiger partial charge in [0.1, 0.15) is 0 Å². The molecule has 1 rings (SSSR count). The van der Waals surface area contributed by atoms with E-state index in [1.165, 1.54) is 12.3 Å². The van der Waals surface area contributed by atoms with Crippen LogP contribution in [0.25, 0.3) is 0 Å². The van der Waals surface area contributed by atoms with Gasteiger partial charge in [-0.2, -0.15) is 0 Å². The highest BCUT2D eigenvalue weighted by molar-refractivity contribution is 5.96. The van der Waals surface area contributed by atoms with Gasteiger partial charge >= 0.3 is 0 Å². The molecule has 0 aromatic carbocycles. The highest BCUT2D eigenvalue weighted by Crippen LogP contribution is 2.14. The van der Waals surface area contributed by atoms with Gasteiger partial charge in [0.05, 0.1) is 11.8 Å². The largest absolute Gasteiger partial charge is 0.294 e. The number of carbonyl (C=O) groups is 1. The summed E-state index contributed by atoms with van der Waals surface area (Å²) in [5.74, 6) is -0.366. The number of pyridine rings is 1. The minimum Gasteiger partial charge on any atom is -0.294 e. The Morgan fingerprint density at radius 1 is 1.64 bits per heavy atom. The van der Waals surface area contributed by atoms with Gasteiger partial charge in [0, 0.05) is 12.6 Å². The van der Waals surface area contributed by atoms with Crippen molar-refractivity contribution in [2.45, 2.75) is 26.7 Å². The third-order valence-corrected chi connectivity index (χ3v) is 2.30. The first-order chi connectivity index (χ1) is 6.65. The second kappa shape index (κ2) is 4.84. The maximum Gasteiger partial charge on any atom is 0.166 e. The van der Waals surface area contributed by atoms with Crippen molar-refractivity contribution in [3.63, 3.8) is 0 Å². The van der Waals surface area contributed by atoms with Crippen LogP contribution in [-0.4, -0.2) is 10.8 Å². The van der Waals surface area contributed by atoms with Crippen molar-refractivity contribution in [2.24, 2.45) is 5.92 Å². The number of aromatic nitrogens is 1. The van der Waals surface area contributed by atoms with Gasteiger partial charge in [-0.05, 0) is 12.0 Å². The topological polar surface area (TPSA) is 30.0 Å². The van der Waals surface area contributed by atoms with Gasteiger partial charge in [0.15, 0.2) is 11.6 Å². The zero-order valence-electron chi connectivity index (χ0n) is 8.46. The number of hydrogen-bond acceptors (Lipinski definition) is 2. The van der Waals surface area contributed by atoms with Crippen molar-refractivity contribution in [2.75, 3.05) is 0 Å². The summed E-state index contributed by atoms with van der Waals surface area (Å²) < 4.78 is 13.1. The van der Waals surface area contributed by atoms with E-state index in [2.05, 4.69) is 4.98 Å². The molecule has 1 unspecified atom stereocenters. The summed E-state index contributed by atoms with van der Waals surface area (Å²) in [6.07, 6.45) is 3.84. The Hall–Kier alpha value is -1.25. The molecule has 1 aromatic heterocycles. The van der Waals surface area contributed by atoms with Gasteiger partial charge in [-0.3, -0.25) is 9.78 Å². The summed E-state index contributed by atoms with van der Waals surface area (Å²) in [6.45, 7) is 4.00. The Kier molecular flexibility index (Phi) is 3.74. The molecule has 76 valence electrons. The van der Waals surface area contributed by atoms with Crippen LogP contribution in [0.2, 0.25) is 0 Å². The predicted molar refractivity (Wildman–Crippen MR) is 52.6 cm³/mol. The molecule has 1 heterocycles. The number of hydrogen-bond donors (Lipinski definition) is 0. The molecule has 1 aromatic rings. The fourth-order valence-electron chi connectivity index (χ4n) is 1.17. The van der Waals surface area contributed by atoms with Crippen LogP contribution in [0.5, 0.6) is 0 Å². The van der Waals surface area contributed by atoms with E-state index in [4.69, 9.17) is 0 Å². The smallest absolute Gasteiger partial charge is 0.166 e. The molecule has 0 amide bonds. The zero-order chi connectivity index (χ0) is 10.6. The predicted octanol–water partition coefficient (Wildman–Crippen LogP) is 2.84. The van der Waals surface area contributed by atoms with Gasteiger partial charge in [0.25, 0.3) is 0 Å². The second-order valence-electron chi connectivity index (χ2n) is 3.50. The molecule has 3 heteroatoms. The normalized spacial score (nSPS) is 12.5. The van der Waals surface area contributed by atoms with E-state index in [1.54, 1.807) is 0 Å². The van der Waals surface area contributed by atoms with Crippen LogP contribution in [0.4, 0.5) is 4.39 Å². The van der Waals surface area contributed by atoms with Gasteiger partial charge in [0.2, 0.25) is 0 Å². The molecule has 0 aliphatic rings. The lowest BCUT2D eigenvalue weighted by Gasteiger charge is -2.07. The monoisotopic (exact) mass is 195 g/mol. The van der Waals surface area contributed by atoms with Crippen molar-refractivity contribution in [3.8, 4) is 0 Å². The Morgan fingerprint density at radius 2 is 2.36 bits per heavy atom. The maximum atomic E-state index is 13.1. The molecule has 2 nitrogen and oxygen atoms in total. The highest BCUT2D eigenvalue weighted by Gasteiger charge is 2.13. The standard InChI is InChI=1S/C11H14FNO/c1-3-8(2)6-11(14)9-4-5-13-7-10(9)12/h4-5,7-8H,3,6H2,1-2H3. The van der Waals surface area contributed by atoms with E-state index in [1.807, 2.05) is 13.8 Å². The lowest BCUT2D eigenvalue weighted by Crippen LogP contribution is -2.07. The first kappa shape index (κ1) is 10.8. The van der Waals surface area contributed by atoms with E-state index in [-0.39, 0.29) is 11.3 Å². The van der Waals surface area contributed by atoms with Crippen molar-refractivity contribution >= 4 is 5.78 Å². The molecule has 0 radical (unpaired) electrons. The lowest BCUT2D eigenvalue weighted by molar-refractivity contribution is 0.0959. The van der Waals surface area contributed by atoms with E-state index in [0.717, 1.165) is 12.6 Å². The van der Waals surface area contributed by atoms with Crippen LogP contribution >= 0.6 is 0 Å². The van der Waals surface area contributed by atoms with Crippen molar-refractivity contribution < 1.29 is 9.18 Å². The van der Waals surface area contributed by atoms with E-state index in [9.17, 15) is 9.18 Å². The Morgan fingerprint density at radius 3 is 2.93 bits per heavy atom. The van der Waals surface area contributed by atoms with Crippen LogP contribution in [-0.2, 0) is 0 Å². The van der Waals surface area contributed by atoms with E-state index >= 15 is 0 Å². The summed E-state index contributed by atoms with van der Waals surface area (Å²) in [5, 5.41) is 0. The quantitative estimate of drug-likeness (QED) is 0.691. The Balaban J connectivity index is 2.75. The second-order valence-corrected chi connectivity index (χ2v) is 3.50. The Labute approximate surface area is 83.2 Å². The summed E-state index contributed by atoms with van der Waals surface area (Å²) in [6, 6.07) is 1.43. The van der Waals surface area contributed by atoms with Crippen molar-refractivity contribution in [1.29, 1.82) is 0 Å². The number of halogens is 1. The molecule has 1 atom stereocenters. The molecule has 0 aliphatic heterocycles. The summed E-state index contributed by atoms with van der Waals surface area (Å²) >= 11 is 0. The van der Waals surface area contributed by atoms with E-state index < -0.39 is 5.82 Å².